The summed E-state index contributed by atoms with van der Waals surface area (Å²) in [5.41, 5.74) is 4.07. The molecular formula is C14H8IKNO8S2+. The van der Waals surface area contributed by atoms with Crippen LogP contribution in [-0.2, 0) is 20.2 Å². The summed E-state index contributed by atoms with van der Waals surface area (Å²) in [4.78, 5) is 24.2. The summed E-state index contributed by atoms with van der Waals surface area (Å²) in [5, 5.41) is 0. The van der Waals surface area contributed by atoms with Crippen LogP contribution in [0.15, 0.2) is 34.1 Å². The van der Waals surface area contributed by atoms with Crippen molar-refractivity contribution in [2.24, 2.45) is 0 Å². The maximum Gasteiger partial charge on any atom is 1.00 e. The molecule has 0 amide bonds. The van der Waals surface area contributed by atoms with E-state index >= 15 is 0 Å². The smallest absolute Gasteiger partial charge is 0.397 e. The van der Waals surface area contributed by atoms with Gasteiger partial charge in [0, 0.05) is 20.3 Å². The molecule has 0 aromatic heterocycles. The van der Waals surface area contributed by atoms with Crippen molar-refractivity contribution in [3.8, 4) is 0 Å². The molecule has 0 heterocycles. The van der Waals surface area contributed by atoms with Gasteiger partial charge in [0.05, 0.1) is 16.1 Å². The monoisotopic (exact) mass is 548 g/mol. The van der Waals surface area contributed by atoms with Gasteiger partial charge >= 0.3 is 51.4 Å². The summed E-state index contributed by atoms with van der Waals surface area (Å²) in [6.45, 7) is 0. The van der Waals surface area contributed by atoms with Crippen LogP contribution >= 0.6 is 22.6 Å². The van der Waals surface area contributed by atoms with E-state index in [0.29, 0.717) is 0 Å². The number of nitrogens with two attached hydrogens (primary N) is 1. The third-order valence-corrected chi connectivity index (χ3v) is 6.39. The van der Waals surface area contributed by atoms with Crippen LogP contribution in [0, 0.1) is 3.57 Å². The third kappa shape index (κ3) is 3.94. The van der Waals surface area contributed by atoms with Crippen molar-refractivity contribution < 1.29 is 86.9 Å². The minimum absolute atomic E-state index is 0. The molecule has 0 atom stereocenters. The Morgan fingerprint density at radius 3 is 1.93 bits per heavy atom. The molecule has 3 rings (SSSR count). The van der Waals surface area contributed by atoms with Gasteiger partial charge in [-0.2, -0.15) is 16.8 Å². The van der Waals surface area contributed by atoms with Crippen LogP contribution in [0.4, 0.5) is 5.69 Å². The minimum Gasteiger partial charge on any atom is -0.397 e. The van der Waals surface area contributed by atoms with E-state index in [1.165, 1.54) is 0 Å². The zero-order valence-corrected chi connectivity index (χ0v) is 20.3. The standard InChI is InChI=1S/C14H8INO8S2.K/c15-8-4-9(26(22,23)24)12(16)11-10(8)14(18)7-3-5(25(19,20)21)1-2-6(7)13(11)17;/h1-4H,16H2,(H,19,20,21)(H,22,23,24);/q;+1. The number of nitrogen functional groups attached to an aromatic ring is 1. The number of carbonyl (C=O) groups excluding carboxylic acids is 2. The van der Waals surface area contributed by atoms with E-state index in [0.717, 1.165) is 24.3 Å². The fourth-order valence-electron chi connectivity index (χ4n) is 2.65. The summed E-state index contributed by atoms with van der Waals surface area (Å²) < 4.78 is 63.9. The number of carbonyl (C=O) groups is 2. The Bertz CT molecular complexity index is 1240. The van der Waals surface area contributed by atoms with E-state index in [1.807, 2.05) is 0 Å². The molecule has 4 N–H and O–H groups in total. The summed E-state index contributed by atoms with van der Waals surface area (Å²) in [5.74, 6) is -1.57. The van der Waals surface area contributed by atoms with Gasteiger partial charge in [-0.3, -0.25) is 18.7 Å². The van der Waals surface area contributed by atoms with Gasteiger partial charge in [-0.15, -0.1) is 0 Å². The van der Waals surface area contributed by atoms with E-state index in [-0.39, 0.29) is 77.2 Å². The molecule has 1 aliphatic carbocycles. The van der Waals surface area contributed by atoms with Crippen molar-refractivity contribution in [3.05, 3.63) is 50.1 Å². The molecule has 0 saturated heterocycles. The SMILES string of the molecule is Nc1c(S(=O)(=O)O)cc(I)c2c1C(=O)c1ccc(S(=O)(=O)O)cc1C2=O.[K+]. The molecule has 0 spiro atoms. The minimum atomic E-state index is -4.74. The van der Waals surface area contributed by atoms with Gasteiger partial charge in [-0.1, -0.05) is 0 Å². The largest absolute Gasteiger partial charge is 1.00 e. The summed E-state index contributed by atoms with van der Waals surface area (Å²) in [6.07, 6.45) is 0. The Morgan fingerprint density at radius 2 is 1.41 bits per heavy atom. The van der Waals surface area contributed by atoms with Crippen LogP contribution in [0.3, 0.4) is 0 Å². The number of hydrogen-bond donors (Lipinski definition) is 3. The van der Waals surface area contributed by atoms with Gasteiger partial charge < -0.3 is 5.73 Å². The van der Waals surface area contributed by atoms with Crippen molar-refractivity contribution in [1.82, 2.24) is 0 Å². The number of halogens is 1. The van der Waals surface area contributed by atoms with Crippen molar-refractivity contribution in [1.29, 1.82) is 0 Å². The summed E-state index contributed by atoms with van der Waals surface area (Å²) in [7, 11) is -9.34. The van der Waals surface area contributed by atoms with E-state index < -0.39 is 47.3 Å². The van der Waals surface area contributed by atoms with Gasteiger partial charge in [0.25, 0.3) is 20.2 Å². The van der Waals surface area contributed by atoms with E-state index in [1.54, 1.807) is 22.6 Å². The second-order valence-electron chi connectivity index (χ2n) is 5.34. The Morgan fingerprint density at radius 1 is 0.852 bits per heavy atom. The zero-order valence-electron chi connectivity index (χ0n) is 13.4. The number of hydrogen-bond acceptors (Lipinski definition) is 7. The van der Waals surface area contributed by atoms with Gasteiger partial charge in [0.15, 0.2) is 11.6 Å². The molecule has 136 valence electrons. The number of fused-ring (bicyclic) bond motifs is 2. The molecule has 0 fully saturated rings. The molecule has 2 aromatic rings. The van der Waals surface area contributed by atoms with E-state index in [9.17, 15) is 31.0 Å². The molecule has 0 radical (unpaired) electrons. The van der Waals surface area contributed by atoms with Crippen molar-refractivity contribution in [2.45, 2.75) is 9.79 Å². The second-order valence-corrected chi connectivity index (χ2v) is 9.31. The molecule has 27 heavy (non-hydrogen) atoms. The fraction of sp³-hybridized carbons (Fsp3) is 0. The third-order valence-electron chi connectivity index (χ3n) is 3.79. The first kappa shape index (κ1) is 23.0. The topological polar surface area (TPSA) is 169 Å². The maximum atomic E-state index is 12.8. The molecular weight excluding hydrogens is 540 g/mol. The van der Waals surface area contributed by atoms with Crippen molar-refractivity contribution in [3.63, 3.8) is 0 Å². The van der Waals surface area contributed by atoms with Gasteiger partial charge in [-0.25, -0.2) is 0 Å². The number of benzene rings is 2. The average Bonchev–Trinajstić information content (AvgIpc) is 2.51. The van der Waals surface area contributed by atoms with Crippen LogP contribution < -0.4 is 57.1 Å². The van der Waals surface area contributed by atoms with Gasteiger partial charge in [0.1, 0.15) is 4.90 Å². The number of anilines is 1. The Hall–Kier alpha value is -0.234. The molecule has 9 nitrogen and oxygen atoms in total. The van der Waals surface area contributed by atoms with E-state index in [2.05, 4.69) is 0 Å². The van der Waals surface area contributed by atoms with Crippen LogP contribution in [0.1, 0.15) is 31.8 Å². The van der Waals surface area contributed by atoms with Crippen LogP contribution in [0.25, 0.3) is 0 Å². The van der Waals surface area contributed by atoms with Crippen molar-refractivity contribution >= 4 is 60.1 Å². The first-order chi connectivity index (χ1) is 11.8. The average molecular weight is 548 g/mol. The normalized spacial score (nSPS) is 13.6. The van der Waals surface area contributed by atoms with Crippen LogP contribution in [0.5, 0.6) is 0 Å². The fourth-order valence-corrected chi connectivity index (χ4v) is 4.84. The van der Waals surface area contributed by atoms with E-state index in [4.69, 9.17) is 10.3 Å². The molecule has 0 saturated carbocycles. The number of ketones is 2. The summed E-state index contributed by atoms with van der Waals surface area (Å²) >= 11 is 1.60. The first-order valence-corrected chi connectivity index (χ1v) is 10.6. The predicted molar refractivity (Wildman–Crippen MR) is 96.5 cm³/mol. The molecule has 0 unspecified atom stereocenters. The first-order valence-electron chi connectivity index (χ1n) is 6.64. The van der Waals surface area contributed by atoms with Gasteiger partial charge in [-0.05, 0) is 46.9 Å². The zero-order chi connectivity index (χ0) is 19.6. The van der Waals surface area contributed by atoms with Crippen molar-refractivity contribution in [2.75, 3.05) is 5.73 Å². The predicted octanol–water partition coefficient (Wildman–Crippen LogP) is -1.85. The Balaban J connectivity index is 0.00000261. The van der Waals surface area contributed by atoms with Crippen LogP contribution in [0.2, 0.25) is 0 Å². The quantitative estimate of drug-likeness (QED) is 0.144. The molecule has 2 aromatic carbocycles. The second kappa shape index (κ2) is 7.55. The molecule has 1 aliphatic rings. The maximum absolute atomic E-state index is 12.8. The Labute approximate surface area is 209 Å². The van der Waals surface area contributed by atoms with Crippen LogP contribution in [-0.4, -0.2) is 37.5 Å². The van der Waals surface area contributed by atoms with Gasteiger partial charge in [0.2, 0.25) is 0 Å². The molecule has 13 heteroatoms. The molecule has 0 aliphatic heterocycles. The Kier molecular flexibility index (Phi) is 6.44. The molecule has 0 bridgehead atoms. The summed E-state index contributed by atoms with van der Waals surface area (Å²) in [6, 6.07) is 3.75. The number of rotatable bonds is 2.